The number of benzene rings is 2. The zero-order valence-electron chi connectivity index (χ0n) is 14.9. The molecule has 0 saturated carbocycles. The number of nitrogens with one attached hydrogen (secondary N) is 1. The molecule has 1 unspecified atom stereocenters. The standard InChI is InChI=1S/C20H26N2O2/c1-5-24-17-12-10-16(11-13-17)19(22(3)4)14-21-20(23)18-9-7-6-8-15(18)2/h6-13,19H,5,14H2,1-4H3,(H,21,23). The first kappa shape index (κ1) is 18.0. The van der Waals surface area contributed by atoms with Crippen molar-refractivity contribution in [3.05, 3.63) is 65.2 Å². The van der Waals surface area contributed by atoms with E-state index in [0.29, 0.717) is 13.2 Å². The topological polar surface area (TPSA) is 41.6 Å². The van der Waals surface area contributed by atoms with Crippen LogP contribution in [0.1, 0.15) is 34.5 Å². The molecule has 0 heterocycles. The summed E-state index contributed by atoms with van der Waals surface area (Å²) in [4.78, 5) is 14.5. The number of amides is 1. The van der Waals surface area contributed by atoms with Crippen LogP contribution < -0.4 is 10.1 Å². The van der Waals surface area contributed by atoms with E-state index in [-0.39, 0.29) is 11.9 Å². The molecule has 0 saturated heterocycles. The summed E-state index contributed by atoms with van der Waals surface area (Å²) in [5, 5.41) is 3.05. The molecule has 2 aromatic carbocycles. The van der Waals surface area contributed by atoms with Crippen LogP contribution in [0.15, 0.2) is 48.5 Å². The van der Waals surface area contributed by atoms with Crippen LogP contribution in [0.25, 0.3) is 0 Å². The summed E-state index contributed by atoms with van der Waals surface area (Å²) in [7, 11) is 4.03. The van der Waals surface area contributed by atoms with E-state index in [1.807, 2.05) is 64.3 Å². The summed E-state index contributed by atoms with van der Waals surface area (Å²) in [6.45, 7) is 5.12. The van der Waals surface area contributed by atoms with Gasteiger partial charge in [0.05, 0.1) is 12.6 Å². The summed E-state index contributed by atoms with van der Waals surface area (Å²) >= 11 is 0. The number of carbonyl (C=O) groups is 1. The molecule has 0 spiro atoms. The number of nitrogens with zero attached hydrogens (tertiary/aromatic N) is 1. The van der Waals surface area contributed by atoms with Crippen molar-refractivity contribution >= 4 is 5.91 Å². The van der Waals surface area contributed by atoms with Crippen LogP contribution in [0, 0.1) is 6.92 Å². The highest BCUT2D eigenvalue weighted by molar-refractivity contribution is 5.95. The van der Waals surface area contributed by atoms with Crippen molar-refractivity contribution < 1.29 is 9.53 Å². The van der Waals surface area contributed by atoms with Gasteiger partial charge in [-0.15, -0.1) is 0 Å². The average Bonchev–Trinajstić information content (AvgIpc) is 2.56. The first-order valence-electron chi connectivity index (χ1n) is 8.26. The smallest absolute Gasteiger partial charge is 0.251 e. The van der Waals surface area contributed by atoms with Crippen molar-refractivity contribution in [2.75, 3.05) is 27.2 Å². The molecule has 24 heavy (non-hydrogen) atoms. The summed E-state index contributed by atoms with van der Waals surface area (Å²) in [6.07, 6.45) is 0. The lowest BCUT2D eigenvalue weighted by molar-refractivity contribution is 0.0941. The minimum absolute atomic E-state index is 0.0362. The van der Waals surface area contributed by atoms with Gasteiger partial charge in [-0.3, -0.25) is 4.79 Å². The molecular formula is C20H26N2O2. The molecule has 0 aliphatic rings. The monoisotopic (exact) mass is 326 g/mol. The van der Waals surface area contributed by atoms with E-state index >= 15 is 0 Å². The molecule has 1 atom stereocenters. The maximum absolute atomic E-state index is 12.4. The van der Waals surface area contributed by atoms with E-state index < -0.39 is 0 Å². The fourth-order valence-corrected chi connectivity index (χ4v) is 2.66. The second kappa shape index (κ2) is 8.50. The number of aryl methyl sites for hydroxylation is 1. The molecule has 4 heteroatoms. The van der Waals surface area contributed by atoms with E-state index in [0.717, 1.165) is 22.4 Å². The van der Waals surface area contributed by atoms with E-state index in [4.69, 9.17) is 4.74 Å². The maximum Gasteiger partial charge on any atom is 0.251 e. The molecule has 128 valence electrons. The Morgan fingerprint density at radius 3 is 2.38 bits per heavy atom. The van der Waals surface area contributed by atoms with Gasteiger partial charge >= 0.3 is 0 Å². The number of ether oxygens (including phenoxy) is 1. The lowest BCUT2D eigenvalue weighted by Crippen LogP contribution is -2.34. The van der Waals surface area contributed by atoms with Gasteiger partial charge in [0, 0.05) is 12.1 Å². The van der Waals surface area contributed by atoms with Crippen molar-refractivity contribution in [2.24, 2.45) is 0 Å². The van der Waals surface area contributed by atoms with Gasteiger partial charge in [0.15, 0.2) is 0 Å². The molecule has 0 aliphatic carbocycles. The van der Waals surface area contributed by atoms with Crippen molar-refractivity contribution in [3.8, 4) is 5.75 Å². The quantitative estimate of drug-likeness (QED) is 0.847. The third-order valence-corrected chi connectivity index (χ3v) is 4.04. The van der Waals surface area contributed by atoms with Crippen LogP contribution in [0.4, 0.5) is 0 Å². The van der Waals surface area contributed by atoms with E-state index in [9.17, 15) is 4.79 Å². The van der Waals surface area contributed by atoms with Crippen LogP contribution in [0.3, 0.4) is 0 Å². The highest BCUT2D eigenvalue weighted by Gasteiger charge is 2.16. The third-order valence-electron chi connectivity index (χ3n) is 4.04. The molecule has 0 aliphatic heterocycles. The fourth-order valence-electron chi connectivity index (χ4n) is 2.66. The molecule has 0 fully saturated rings. The summed E-state index contributed by atoms with van der Waals surface area (Å²) in [5.41, 5.74) is 2.85. The third kappa shape index (κ3) is 4.59. The van der Waals surface area contributed by atoms with Crippen molar-refractivity contribution in [2.45, 2.75) is 19.9 Å². The predicted octanol–water partition coefficient (Wildman–Crippen LogP) is 3.43. The summed E-state index contributed by atoms with van der Waals surface area (Å²) in [5.74, 6) is 0.827. The molecule has 0 bridgehead atoms. The Morgan fingerprint density at radius 2 is 1.79 bits per heavy atom. The second-order valence-corrected chi connectivity index (χ2v) is 6.01. The average molecular weight is 326 g/mol. The highest BCUT2D eigenvalue weighted by Crippen LogP contribution is 2.21. The molecule has 1 amide bonds. The van der Waals surface area contributed by atoms with Crippen LogP contribution in [0.5, 0.6) is 5.75 Å². The maximum atomic E-state index is 12.4. The molecule has 1 N–H and O–H groups in total. The summed E-state index contributed by atoms with van der Waals surface area (Å²) < 4.78 is 5.49. The summed E-state index contributed by atoms with van der Waals surface area (Å²) in [6, 6.07) is 15.8. The Balaban J connectivity index is 2.06. The Morgan fingerprint density at radius 1 is 1.12 bits per heavy atom. The first-order valence-corrected chi connectivity index (χ1v) is 8.26. The SMILES string of the molecule is CCOc1ccc(C(CNC(=O)c2ccccc2C)N(C)C)cc1. The Labute approximate surface area is 144 Å². The Bertz CT molecular complexity index is 666. The van der Waals surface area contributed by atoms with Crippen molar-refractivity contribution in [3.63, 3.8) is 0 Å². The van der Waals surface area contributed by atoms with E-state index in [2.05, 4.69) is 22.3 Å². The van der Waals surface area contributed by atoms with Crippen molar-refractivity contribution in [1.29, 1.82) is 0 Å². The van der Waals surface area contributed by atoms with Crippen molar-refractivity contribution in [1.82, 2.24) is 10.2 Å². The minimum Gasteiger partial charge on any atom is -0.494 e. The molecule has 2 rings (SSSR count). The largest absolute Gasteiger partial charge is 0.494 e. The van der Waals surface area contributed by atoms with Gasteiger partial charge < -0.3 is 15.0 Å². The van der Waals surface area contributed by atoms with Gasteiger partial charge in [-0.05, 0) is 57.3 Å². The molecule has 2 aromatic rings. The highest BCUT2D eigenvalue weighted by atomic mass is 16.5. The fraction of sp³-hybridized carbons (Fsp3) is 0.350. The van der Waals surface area contributed by atoms with Crippen LogP contribution in [0.2, 0.25) is 0 Å². The molecular weight excluding hydrogens is 300 g/mol. The van der Waals surface area contributed by atoms with Crippen LogP contribution >= 0.6 is 0 Å². The lowest BCUT2D eigenvalue weighted by Gasteiger charge is -2.25. The van der Waals surface area contributed by atoms with Gasteiger partial charge in [0.2, 0.25) is 0 Å². The number of hydrogen-bond donors (Lipinski definition) is 1. The normalized spacial score (nSPS) is 12.0. The van der Waals surface area contributed by atoms with Gasteiger partial charge in [0.1, 0.15) is 5.75 Å². The van der Waals surface area contributed by atoms with Gasteiger partial charge in [-0.1, -0.05) is 30.3 Å². The molecule has 0 radical (unpaired) electrons. The Hall–Kier alpha value is -2.33. The number of hydrogen-bond acceptors (Lipinski definition) is 3. The zero-order valence-corrected chi connectivity index (χ0v) is 14.9. The van der Waals surface area contributed by atoms with E-state index in [1.165, 1.54) is 0 Å². The lowest BCUT2D eigenvalue weighted by atomic mass is 10.0. The first-order chi connectivity index (χ1) is 11.5. The van der Waals surface area contributed by atoms with Gasteiger partial charge in [-0.2, -0.15) is 0 Å². The Kier molecular flexibility index (Phi) is 6.38. The molecule has 4 nitrogen and oxygen atoms in total. The zero-order chi connectivity index (χ0) is 17.5. The van der Waals surface area contributed by atoms with Gasteiger partial charge in [-0.25, -0.2) is 0 Å². The van der Waals surface area contributed by atoms with E-state index in [1.54, 1.807) is 0 Å². The van der Waals surface area contributed by atoms with Gasteiger partial charge in [0.25, 0.3) is 5.91 Å². The van der Waals surface area contributed by atoms with Crippen LogP contribution in [-0.4, -0.2) is 38.1 Å². The van der Waals surface area contributed by atoms with Crippen LogP contribution in [-0.2, 0) is 0 Å². The second-order valence-electron chi connectivity index (χ2n) is 6.01. The number of rotatable bonds is 7. The predicted molar refractivity (Wildman–Crippen MR) is 97.6 cm³/mol. The number of carbonyl (C=O) groups excluding carboxylic acids is 1. The molecule has 0 aromatic heterocycles. The minimum atomic E-state index is -0.0362. The number of likely N-dealkylation sites (N-methyl/N-ethyl adjacent to an activating group) is 1.